The molecular weight excluding hydrogens is 340 g/mol. The van der Waals surface area contributed by atoms with Gasteiger partial charge in [0.1, 0.15) is 0 Å². The SMILES string of the molecule is CCCCNC(=O)c1nc(C(=O)N(CC)c2ccccc2)c2ccccn12. The fraction of sp³-hybridized carbons (Fsp3) is 0.286. The summed E-state index contributed by atoms with van der Waals surface area (Å²) < 4.78 is 1.67. The third kappa shape index (κ3) is 3.84. The number of benzene rings is 1. The maximum Gasteiger partial charge on any atom is 0.287 e. The third-order valence-electron chi connectivity index (χ3n) is 4.40. The number of nitrogens with one attached hydrogen (secondary N) is 1. The summed E-state index contributed by atoms with van der Waals surface area (Å²) in [4.78, 5) is 31.8. The van der Waals surface area contributed by atoms with Crippen molar-refractivity contribution in [3.8, 4) is 0 Å². The summed E-state index contributed by atoms with van der Waals surface area (Å²) in [6.07, 6.45) is 3.65. The van der Waals surface area contributed by atoms with Crippen molar-refractivity contribution in [2.24, 2.45) is 0 Å². The van der Waals surface area contributed by atoms with Crippen molar-refractivity contribution in [3.05, 3.63) is 66.2 Å². The van der Waals surface area contributed by atoms with Gasteiger partial charge in [0, 0.05) is 25.0 Å². The number of hydrogen-bond acceptors (Lipinski definition) is 3. The number of pyridine rings is 1. The van der Waals surface area contributed by atoms with Crippen molar-refractivity contribution >= 4 is 23.0 Å². The summed E-state index contributed by atoms with van der Waals surface area (Å²) >= 11 is 0. The molecule has 3 rings (SSSR count). The van der Waals surface area contributed by atoms with Crippen LogP contribution in [0.1, 0.15) is 47.8 Å². The smallest absolute Gasteiger partial charge is 0.287 e. The molecule has 0 saturated carbocycles. The number of imidazole rings is 1. The van der Waals surface area contributed by atoms with Crippen LogP contribution >= 0.6 is 0 Å². The number of fused-ring (bicyclic) bond motifs is 1. The highest BCUT2D eigenvalue weighted by atomic mass is 16.2. The number of carbonyl (C=O) groups is 2. The van der Waals surface area contributed by atoms with E-state index in [0.717, 1.165) is 18.5 Å². The minimum atomic E-state index is -0.272. The Labute approximate surface area is 158 Å². The molecule has 27 heavy (non-hydrogen) atoms. The molecule has 1 N–H and O–H groups in total. The van der Waals surface area contributed by atoms with Crippen molar-refractivity contribution in [1.82, 2.24) is 14.7 Å². The van der Waals surface area contributed by atoms with Gasteiger partial charge < -0.3 is 10.2 Å². The lowest BCUT2D eigenvalue weighted by atomic mass is 10.2. The van der Waals surface area contributed by atoms with Crippen LogP contribution < -0.4 is 10.2 Å². The molecule has 0 aliphatic heterocycles. The van der Waals surface area contributed by atoms with E-state index in [4.69, 9.17) is 0 Å². The number of carbonyl (C=O) groups excluding carboxylic acids is 2. The van der Waals surface area contributed by atoms with Gasteiger partial charge in [-0.05, 0) is 37.6 Å². The highest BCUT2D eigenvalue weighted by Gasteiger charge is 2.25. The Hall–Kier alpha value is -3.15. The molecule has 0 radical (unpaired) electrons. The fourth-order valence-electron chi connectivity index (χ4n) is 2.99. The van der Waals surface area contributed by atoms with Crippen LogP contribution in [0.15, 0.2) is 54.7 Å². The molecule has 6 heteroatoms. The summed E-state index contributed by atoms with van der Waals surface area (Å²) in [5, 5.41) is 2.87. The molecule has 1 aromatic carbocycles. The van der Waals surface area contributed by atoms with E-state index in [-0.39, 0.29) is 23.3 Å². The third-order valence-corrected chi connectivity index (χ3v) is 4.40. The van der Waals surface area contributed by atoms with Crippen molar-refractivity contribution in [2.45, 2.75) is 26.7 Å². The first-order valence-electron chi connectivity index (χ1n) is 9.29. The van der Waals surface area contributed by atoms with Crippen LogP contribution in [0.4, 0.5) is 5.69 Å². The van der Waals surface area contributed by atoms with E-state index < -0.39 is 0 Å². The fourth-order valence-corrected chi connectivity index (χ4v) is 2.99. The molecule has 2 aromatic heterocycles. The van der Waals surface area contributed by atoms with Gasteiger partial charge in [-0.1, -0.05) is 37.6 Å². The van der Waals surface area contributed by atoms with Crippen LogP contribution in [-0.4, -0.2) is 34.3 Å². The van der Waals surface area contributed by atoms with Gasteiger partial charge in [0.25, 0.3) is 11.8 Å². The highest BCUT2D eigenvalue weighted by molar-refractivity contribution is 6.10. The Kier molecular flexibility index (Phi) is 5.86. The van der Waals surface area contributed by atoms with Crippen molar-refractivity contribution in [3.63, 3.8) is 0 Å². The van der Waals surface area contributed by atoms with Gasteiger partial charge in [0.2, 0.25) is 5.82 Å². The lowest BCUT2D eigenvalue weighted by Gasteiger charge is -2.20. The number of rotatable bonds is 7. The minimum absolute atomic E-state index is 0.222. The molecule has 2 heterocycles. The maximum absolute atomic E-state index is 13.2. The monoisotopic (exact) mass is 364 g/mol. The molecule has 6 nitrogen and oxygen atoms in total. The van der Waals surface area contributed by atoms with E-state index in [9.17, 15) is 9.59 Å². The summed E-state index contributed by atoms with van der Waals surface area (Å²) in [6, 6.07) is 14.9. The zero-order chi connectivity index (χ0) is 19.2. The average molecular weight is 364 g/mol. The molecule has 0 saturated heterocycles. The number of hydrogen-bond donors (Lipinski definition) is 1. The molecule has 0 aliphatic rings. The van der Waals surface area contributed by atoms with Crippen LogP contribution in [0.5, 0.6) is 0 Å². The van der Waals surface area contributed by atoms with E-state index in [1.165, 1.54) is 0 Å². The Morgan fingerprint density at radius 1 is 1.07 bits per heavy atom. The van der Waals surface area contributed by atoms with Crippen LogP contribution in [0, 0.1) is 0 Å². The molecular formula is C21H24N4O2. The van der Waals surface area contributed by atoms with E-state index in [2.05, 4.69) is 17.2 Å². The van der Waals surface area contributed by atoms with Gasteiger partial charge in [-0.25, -0.2) is 4.98 Å². The lowest BCUT2D eigenvalue weighted by molar-refractivity contribution is 0.0942. The number of nitrogens with zero attached hydrogens (tertiary/aromatic N) is 3. The second-order valence-electron chi connectivity index (χ2n) is 6.23. The van der Waals surface area contributed by atoms with E-state index >= 15 is 0 Å². The van der Waals surface area contributed by atoms with Crippen molar-refractivity contribution in [2.75, 3.05) is 18.0 Å². The van der Waals surface area contributed by atoms with Gasteiger partial charge >= 0.3 is 0 Å². The molecule has 0 unspecified atom stereocenters. The lowest BCUT2D eigenvalue weighted by Crippen LogP contribution is -2.31. The quantitative estimate of drug-likeness (QED) is 0.652. The average Bonchev–Trinajstić information content (AvgIpc) is 3.09. The molecule has 0 atom stereocenters. The number of amides is 2. The topological polar surface area (TPSA) is 66.7 Å². The van der Waals surface area contributed by atoms with Gasteiger partial charge in [-0.2, -0.15) is 0 Å². The van der Waals surface area contributed by atoms with Crippen molar-refractivity contribution < 1.29 is 9.59 Å². The number of anilines is 1. The van der Waals surface area contributed by atoms with E-state index in [0.29, 0.717) is 18.6 Å². The van der Waals surface area contributed by atoms with Gasteiger partial charge in [-0.3, -0.25) is 14.0 Å². The maximum atomic E-state index is 13.2. The predicted molar refractivity (Wildman–Crippen MR) is 106 cm³/mol. The van der Waals surface area contributed by atoms with Gasteiger partial charge in [0.05, 0.1) is 5.52 Å². The van der Waals surface area contributed by atoms with Crippen LogP contribution in [0.3, 0.4) is 0 Å². The number of unbranched alkanes of at least 4 members (excludes halogenated alkanes) is 1. The Bertz CT molecular complexity index is 934. The Morgan fingerprint density at radius 3 is 2.52 bits per heavy atom. The first-order valence-corrected chi connectivity index (χ1v) is 9.29. The molecule has 0 fully saturated rings. The Morgan fingerprint density at radius 2 is 1.81 bits per heavy atom. The standard InChI is InChI=1S/C21H24N4O2/c1-3-5-14-22-20(26)19-23-18(17-13-9-10-15-25(17)19)21(27)24(4-2)16-11-7-6-8-12-16/h6-13,15H,3-5,14H2,1-2H3,(H,22,26). The normalized spacial score (nSPS) is 10.7. The summed E-state index contributed by atoms with van der Waals surface area (Å²) in [7, 11) is 0. The highest BCUT2D eigenvalue weighted by Crippen LogP contribution is 2.20. The molecule has 3 aromatic rings. The summed E-state index contributed by atoms with van der Waals surface area (Å²) in [5.74, 6) is -0.263. The molecule has 0 bridgehead atoms. The first-order chi connectivity index (χ1) is 13.2. The largest absolute Gasteiger partial charge is 0.349 e. The molecule has 140 valence electrons. The first kappa shape index (κ1) is 18.6. The van der Waals surface area contributed by atoms with Crippen LogP contribution in [0.25, 0.3) is 5.52 Å². The second-order valence-corrected chi connectivity index (χ2v) is 6.23. The zero-order valence-corrected chi connectivity index (χ0v) is 15.7. The Balaban J connectivity index is 1.99. The number of aromatic nitrogens is 2. The molecule has 0 aliphatic carbocycles. The van der Waals surface area contributed by atoms with E-state index in [1.54, 1.807) is 15.5 Å². The van der Waals surface area contributed by atoms with Crippen LogP contribution in [-0.2, 0) is 0 Å². The van der Waals surface area contributed by atoms with Crippen LogP contribution in [0.2, 0.25) is 0 Å². The molecule has 2 amide bonds. The second kappa shape index (κ2) is 8.49. The van der Waals surface area contributed by atoms with E-state index in [1.807, 2.05) is 55.5 Å². The summed E-state index contributed by atoms with van der Waals surface area (Å²) in [5.41, 5.74) is 1.70. The number of para-hydroxylation sites is 1. The van der Waals surface area contributed by atoms with Gasteiger partial charge in [0.15, 0.2) is 5.69 Å². The predicted octanol–water partition coefficient (Wildman–Crippen LogP) is 3.53. The summed E-state index contributed by atoms with van der Waals surface area (Å²) in [6.45, 7) is 5.08. The molecule has 0 spiro atoms. The minimum Gasteiger partial charge on any atom is -0.349 e. The van der Waals surface area contributed by atoms with Crippen molar-refractivity contribution in [1.29, 1.82) is 0 Å². The van der Waals surface area contributed by atoms with Gasteiger partial charge in [-0.15, -0.1) is 0 Å². The zero-order valence-electron chi connectivity index (χ0n) is 15.7.